The van der Waals surface area contributed by atoms with Gasteiger partial charge in [-0.2, -0.15) is 5.10 Å². The Kier molecular flexibility index (Phi) is 5.94. The van der Waals surface area contributed by atoms with Crippen LogP contribution in [0.1, 0.15) is 17.7 Å². The maximum atomic E-state index is 14.4. The topological polar surface area (TPSA) is 96.3 Å². The van der Waals surface area contributed by atoms with Crippen molar-refractivity contribution in [2.45, 2.75) is 24.3 Å². The SMILES string of the molecule is CNS(=O)(=O)c1ccc(CNC(=O)N2CCCc3c2cnn3-c2ccc(F)cc2)c(F)c1. The van der Waals surface area contributed by atoms with E-state index in [1.165, 1.54) is 36.2 Å². The van der Waals surface area contributed by atoms with Gasteiger partial charge in [0.05, 0.1) is 28.2 Å². The molecule has 11 heteroatoms. The van der Waals surface area contributed by atoms with Gasteiger partial charge in [0.15, 0.2) is 0 Å². The first-order chi connectivity index (χ1) is 15.3. The molecule has 0 fully saturated rings. The molecule has 3 aromatic rings. The second-order valence-corrected chi connectivity index (χ2v) is 9.13. The summed E-state index contributed by atoms with van der Waals surface area (Å²) in [5.74, 6) is -1.08. The van der Waals surface area contributed by atoms with E-state index in [9.17, 15) is 22.0 Å². The number of benzene rings is 2. The van der Waals surface area contributed by atoms with E-state index in [1.54, 1.807) is 23.0 Å². The van der Waals surface area contributed by atoms with E-state index in [2.05, 4.69) is 15.1 Å². The fourth-order valence-corrected chi connectivity index (χ4v) is 4.33. The molecule has 0 unspecified atom stereocenters. The zero-order valence-corrected chi connectivity index (χ0v) is 18.0. The molecule has 8 nitrogen and oxygen atoms in total. The molecule has 0 bridgehead atoms. The van der Waals surface area contributed by atoms with Crippen molar-refractivity contribution in [1.82, 2.24) is 19.8 Å². The first-order valence-corrected chi connectivity index (χ1v) is 11.4. The lowest BCUT2D eigenvalue weighted by Gasteiger charge is -2.27. The molecule has 0 atom stereocenters. The molecule has 0 spiro atoms. The van der Waals surface area contributed by atoms with Gasteiger partial charge >= 0.3 is 6.03 Å². The van der Waals surface area contributed by atoms with Crippen molar-refractivity contribution in [3.8, 4) is 5.69 Å². The van der Waals surface area contributed by atoms with Gasteiger partial charge in [0.2, 0.25) is 10.0 Å². The van der Waals surface area contributed by atoms with E-state index in [4.69, 9.17) is 0 Å². The Bertz CT molecular complexity index is 1260. The predicted octanol–water partition coefficient (Wildman–Crippen LogP) is 2.72. The van der Waals surface area contributed by atoms with E-state index in [1.807, 2.05) is 0 Å². The minimum absolute atomic E-state index is 0.109. The maximum Gasteiger partial charge on any atom is 0.322 e. The lowest BCUT2D eigenvalue weighted by Crippen LogP contribution is -2.42. The number of nitrogens with zero attached hydrogens (tertiary/aromatic N) is 3. The number of fused-ring (bicyclic) bond motifs is 1. The zero-order chi connectivity index (χ0) is 22.9. The average Bonchev–Trinajstić information content (AvgIpc) is 3.22. The molecule has 0 saturated heterocycles. The number of halogens is 2. The summed E-state index contributed by atoms with van der Waals surface area (Å²) < 4.78 is 55.0. The second kappa shape index (κ2) is 8.67. The smallest absolute Gasteiger partial charge is 0.322 e. The highest BCUT2D eigenvalue weighted by Gasteiger charge is 2.27. The van der Waals surface area contributed by atoms with Crippen LogP contribution in [0.3, 0.4) is 0 Å². The molecule has 1 aliphatic rings. The number of carbonyl (C=O) groups is 1. The number of hydrogen-bond donors (Lipinski definition) is 2. The quantitative estimate of drug-likeness (QED) is 0.611. The molecule has 2 aromatic carbocycles. The van der Waals surface area contributed by atoms with Gasteiger partial charge in [-0.05, 0) is 56.3 Å². The molecule has 32 heavy (non-hydrogen) atoms. The van der Waals surface area contributed by atoms with Gasteiger partial charge in [-0.25, -0.2) is 31.4 Å². The van der Waals surface area contributed by atoms with Crippen molar-refractivity contribution in [1.29, 1.82) is 0 Å². The molecule has 0 saturated carbocycles. The Morgan fingerprint density at radius 3 is 2.59 bits per heavy atom. The van der Waals surface area contributed by atoms with Crippen molar-refractivity contribution in [3.63, 3.8) is 0 Å². The normalized spacial score (nSPS) is 13.7. The average molecular weight is 461 g/mol. The number of carbonyl (C=O) groups excluding carboxylic acids is 1. The molecule has 0 radical (unpaired) electrons. The van der Waals surface area contributed by atoms with E-state index < -0.39 is 21.9 Å². The summed E-state index contributed by atoms with van der Waals surface area (Å²) in [6.07, 6.45) is 2.99. The largest absolute Gasteiger partial charge is 0.334 e. The van der Waals surface area contributed by atoms with Gasteiger partial charge in [-0.3, -0.25) is 4.90 Å². The van der Waals surface area contributed by atoms with Crippen LogP contribution in [0.5, 0.6) is 0 Å². The number of rotatable bonds is 5. The van der Waals surface area contributed by atoms with Crippen molar-refractivity contribution in [3.05, 3.63) is 71.6 Å². The Morgan fingerprint density at radius 1 is 1.16 bits per heavy atom. The highest BCUT2D eigenvalue weighted by molar-refractivity contribution is 7.89. The standard InChI is InChI=1S/C21H21F2N5O3S/c1-24-32(30,31)17-9-4-14(18(23)11-17)12-25-21(29)27-10-2-3-19-20(27)13-26-28(19)16-7-5-15(22)6-8-16/h4-9,11,13,24H,2-3,10,12H2,1H3,(H,25,29). The predicted molar refractivity (Wildman–Crippen MR) is 114 cm³/mol. The van der Waals surface area contributed by atoms with E-state index in [-0.39, 0.29) is 22.8 Å². The molecular weight excluding hydrogens is 440 g/mol. The van der Waals surface area contributed by atoms with Gasteiger partial charge < -0.3 is 5.32 Å². The van der Waals surface area contributed by atoms with Gasteiger partial charge in [-0.1, -0.05) is 6.07 Å². The highest BCUT2D eigenvalue weighted by Crippen LogP contribution is 2.29. The number of hydrogen-bond acceptors (Lipinski definition) is 4. The van der Waals surface area contributed by atoms with Crippen molar-refractivity contribution >= 4 is 21.7 Å². The monoisotopic (exact) mass is 461 g/mol. The van der Waals surface area contributed by atoms with Crippen LogP contribution in [0.15, 0.2) is 53.6 Å². The molecule has 1 aliphatic heterocycles. The fourth-order valence-electron chi connectivity index (χ4n) is 3.59. The molecule has 4 rings (SSSR count). The van der Waals surface area contributed by atoms with Gasteiger partial charge in [0.1, 0.15) is 11.6 Å². The third-order valence-electron chi connectivity index (χ3n) is 5.28. The third kappa shape index (κ3) is 4.21. The molecule has 168 valence electrons. The molecule has 2 heterocycles. The van der Waals surface area contributed by atoms with Crippen LogP contribution in [0, 0.1) is 11.6 Å². The van der Waals surface area contributed by atoms with Crippen LogP contribution in [0.2, 0.25) is 0 Å². The van der Waals surface area contributed by atoms with Crippen LogP contribution in [-0.4, -0.2) is 37.8 Å². The molecule has 1 aromatic heterocycles. The van der Waals surface area contributed by atoms with Crippen LogP contribution in [0.25, 0.3) is 5.69 Å². The number of urea groups is 1. The van der Waals surface area contributed by atoms with Gasteiger partial charge in [0.25, 0.3) is 0 Å². The summed E-state index contributed by atoms with van der Waals surface area (Å²) in [7, 11) is -2.52. The van der Waals surface area contributed by atoms with Crippen LogP contribution in [0.4, 0.5) is 19.3 Å². The van der Waals surface area contributed by atoms with Crippen molar-refractivity contribution in [2.75, 3.05) is 18.5 Å². The maximum absolute atomic E-state index is 14.4. The fraction of sp³-hybridized carbons (Fsp3) is 0.238. The summed E-state index contributed by atoms with van der Waals surface area (Å²) in [6, 6.07) is 9.02. The summed E-state index contributed by atoms with van der Waals surface area (Å²) >= 11 is 0. The number of sulfonamides is 1. The summed E-state index contributed by atoms with van der Waals surface area (Å²) in [5, 5.41) is 7.03. The summed E-state index contributed by atoms with van der Waals surface area (Å²) in [5.41, 5.74) is 2.31. The first kappa shape index (κ1) is 21.9. The molecule has 2 amide bonds. The summed E-state index contributed by atoms with van der Waals surface area (Å²) in [6.45, 7) is 0.359. The van der Waals surface area contributed by atoms with Crippen LogP contribution < -0.4 is 14.9 Å². The zero-order valence-electron chi connectivity index (χ0n) is 17.2. The lowest BCUT2D eigenvalue weighted by atomic mass is 10.1. The Balaban J connectivity index is 1.50. The number of nitrogens with one attached hydrogen (secondary N) is 2. The van der Waals surface area contributed by atoms with Crippen molar-refractivity contribution < 1.29 is 22.0 Å². The summed E-state index contributed by atoms with van der Waals surface area (Å²) in [4.78, 5) is 14.1. The number of aromatic nitrogens is 2. The number of amides is 2. The van der Waals surface area contributed by atoms with Gasteiger partial charge in [0, 0.05) is 18.7 Å². The minimum Gasteiger partial charge on any atom is -0.334 e. The third-order valence-corrected chi connectivity index (χ3v) is 6.69. The molecular formula is C21H21F2N5O3S. The number of anilines is 1. The van der Waals surface area contributed by atoms with E-state index >= 15 is 0 Å². The van der Waals surface area contributed by atoms with Gasteiger partial charge in [-0.15, -0.1) is 0 Å². The van der Waals surface area contributed by atoms with Crippen LogP contribution in [-0.2, 0) is 23.0 Å². The first-order valence-electron chi connectivity index (χ1n) is 9.90. The van der Waals surface area contributed by atoms with E-state index in [0.717, 1.165) is 11.8 Å². The molecule has 2 N–H and O–H groups in total. The van der Waals surface area contributed by atoms with Crippen molar-refractivity contribution in [2.24, 2.45) is 0 Å². The minimum atomic E-state index is -3.76. The second-order valence-electron chi connectivity index (χ2n) is 7.24. The lowest BCUT2D eigenvalue weighted by molar-refractivity contribution is 0.245. The van der Waals surface area contributed by atoms with Crippen LogP contribution >= 0.6 is 0 Å². The Morgan fingerprint density at radius 2 is 1.91 bits per heavy atom. The Labute approximate surface area is 183 Å². The van der Waals surface area contributed by atoms with E-state index in [0.29, 0.717) is 30.8 Å². The highest BCUT2D eigenvalue weighted by atomic mass is 32.2. The molecule has 0 aliphatic carbocycles. The Hall–Kier alpha value is -3.31.